The van der Waals surface area contributed by atoms with Gasteiger partial charge in [-0.25, -0.2) is 4.79 Å². The minimum Gasteiger partial charge on any atom is -0.491 e. The minimum atomic E-state index is -0.837. The van der Waals surface area contributed by atoms with Crippen molar-refractivity contribution in [3.8, 4) is 5.75 Å². The number of carbonyl (C=O) groups is 2. The summed E-state index contributed by atoms with van der Waals surface area (Å²) in [5.74, 6) is -0.226. The van der Waals surface area contributed by atoms with Gasteiger partial charge < -0.3 is 20.5 Å². The number of anilines is 1. The lowest BCUT2D eigenvalue weighted by Gasteiger charge is -2.23. The number of urea groups is 1. The Kier molecular flexibility index (Phi) is 7.57. The Labute approximate surface area is 149 Å². The molecule has 6 nitrogen and oxygen atoms in total. The van der Waals surface area contributed by atoms with Gasteiger partial charge in [-0.2, -0.15) is 0 Å². The highest BCUT2D eigenvalue weighted by molar-refractivity contribution is 5.91. The number of benzene rings is 1. The largest absolute Gasteiger partial charge is 0.491 e. The normalized spacial score (nSPS) is 14.8. The number of aliphatic carboxylic acids is 1. The lowest BCUT2D eigenvalue weighted by atomic mass is 9.96. The number of ether oxygens (including phenoxy) is 1. The van der Waals surface area contributed by atoms with Gasteiger partial charge in [0, 0.05) is 12.5 Å². The van der Waals surface area contributed by atoms with Crippen LogP contribution in [-0.2, 0) is 11.2 Å². The lowest BCUT2D eigenvalue weighted by Crippen LogP contribution is -2.39. The van der Waals surface area contributed by atoms with E-state index in [9.17, 15) is 9.59 Å². The van der Waals surface area contributed by atoms with Crippen LogP contribution < -0.4 is 15.4 Å². The summed E-state index contributed by atoms with van der Waals surface area (Å²) in [6.07, 6.45) is 6.93. The molecule has 0 saturated heterocycles. The van der Waals surface area contributed by atoms with Crippen LogP contribution in [0.2, 0.25) is 0 Å². The van der Waals surface area contributed by atoms with Gasteiger partial charge in [0.1, 0.15) is 5.75 Å². The summed E-state index contributed by atoms with van der Waals surface area (Å²) in [4.78, 5) is 23.1. The first-order chi connectivity index (χ1) is 12.1. The number of rotatable bonds is 8. The summed E-state index contributed by atoms with van der Waals surface area (Å²) in [6, 6.07) is 5.43. The zero-order valence-corrected chi connectivity index (χ0v) is 14.8. The Hall–Kier alpha value is -2.24. The van der Waals surface area contributed by atoms with E-state index in [1.54, 1.807) is 12.1 Å². The molecule has 1 saturated carbocycles. The molecule has 6 heteroatoms. The quantitative estimate of drug-likeness (QED) is 0.664. The Morgan fingerprint density at radius 1 is 1.24 bits per heavy atom. The van der Waals surface area contributed by atoms with Crippen LogP contribution in [0.25, 0.3) is 0 Å². The Morgan fingerprint density at radius 2 is 2.00 bits per heavy atom. The summed E-state index contributed by atoms with van der Waals surface area (Å²) >= 11 is 0. The van der Waals surface area contributed by atoms with Crippen LogP contribution in [0.5, 0.6) is 5.75 Å². The first-order valence-electron chi connectivity index (χ1n) is 9.13. The van der Waals surface area contributed by atoms with Crippen LogP contribution in [0.3, 0.4) is 0 Å². The van der Waals surface area contributed by atoms with Gasteiger partial charge in [0.05, 0.1) is 12.3 Å². The third kappa shape index (κ3) is 6.64. The molecule has 0 aromatic heterocycles. The molecule has 138 valence electrons. The summed E-state index contributed by atoms with van der Waals surface area (Å²) in [5.41, 5.74) is 1.45. The molecule has 0 bridgehead atoms. The van der Waals surface area contributed by atoms with Crippen LogP contribution in [-0.4, -0.2) is 29.8 Å². The highest BCUT2D eigenvalue weighted by Crippen LogP contribution is 2.27. The lowest BCUT2D eigenvalue weighted by molar-refractivity contribution is -0.136. The van der Waals surface area contributed by atoms with Crippen molar-refractivity contribution in [2.45, 2.75) is 64.3 Å². The van der Waals surface area contributed by atoms with Crippen molar-refractivity contribution in [1.82, 2.24) is 5.32 Å². The van der Waals surface area contributed by atoms with E-state index in [0.717, 1.165) is 37.7 Å². The maximum atomic E-state index is 12.3. The number of hydrogen-bond donors (Lipinski definition) is 3. The number of nitrogens with one attached hydrogen (secondary N) is 2. The van der Waals surface area contributed by atoms with Gasteiger partial charge in [-0.05, 0) is 43.4 Å². The molecule has 1 aromatic carbocycles. The third-order valence-corrected chi connectivity index (χ3v) is 4.32. The summed E-state index contributed by atoms with van der Waals surface area (Å²) < 4.78 is 5.70. The standard InChI is InChI=1S/C19H28N2O4/c1-2-12-25-17-10-8-14(9-11-18(22)23)13-16(17)21-19(24)20-15-6-4-3-5-7-15/h8,10,13,15H,2-7,9,11-12H2,1H3,(H,22,23)(H2,20,21,24). The topological polar surface area (TPSA) is 87.7 Å². The molecule has 1 fully saturated rings. The Bertz CT molecular complexity index is 583. The molecule has 1 aromatic rings. The first-order valence-corrected chi connectivity index (χ1v) is 9.13. The fourth-order valence-corrected chi connectivity index (χ4v) is 3.01. The van der Waals surface area contributed by atoms with Crippen molar-refractivity contribution < 1.29 is 19.4 Å². The maximum absolute atomic E-state index is 12.3. The molecule has 25 heavy (non-hydrogen) atoms. The SMILES string of the molecule is CCCOc1ccc(CCC(=O)O)cc1NC(=O)NC1CCCCC1. The smallest absolute Gasteiger partial charge is 0.319 e. The molecule has 0 unspecified atom stereocenters. The van der Waals surface area contributed by atoms with Crippen LogP contribution in [0.1, 0.15) is 57.4 Å². The van der Waals surface area contributed by atoms with Gasteiger partial charge in [0.25, 0.3) is 0 Å². The molecule has 0 aliphatic heterocycles. The van der Waals surface area contributed by atoms with Crippen LogP contribution in [0, 0.1) is 0 Å². The fraction of sp³-hybridized carbons (Fsp3) is 0.579. The van der Waals surface area contributed by atoms with E-state index < -0.39 is 5.97 Å². The molecular formula is C19H28N2O4. The van der Waals surface area contributed by atoms with Crippen molar-refractivity contribution in [2.75, 3.05) is 11.9 Å². The third-order valence-electron chi connectivity index (χ3n) is 4.32. The van der Waals surface area contributed by atoms with Gasteiger partial charge in [-0.15, -0.1) is 0 Å². The second-order valence-corrected chi connectivity index (χ2v) is 6.51. The number of hydrogen-bond acceptors (Lipinski definition) is 3. The van der Waals surface area contributed by atoms with Gasteiger partial charge in [-0.3, -0.25) is 4.79 Å². The monoisotopic (exact) mass is 348 g/mol. The molecule has 2 rings (SSSR count). The summed E-state index contributed by atoms with van der Waals surface area (Å²) in [7, 11) is 0. The summed E-state index contributed by atoms with van der Waals surface area (Å²) in [5, 5.41) is 14.7. The molecular weight excluding hydrogens is 320 g/mol. The average molecular weight is 348 g/mol. The molecule has 0 heterocycles. The van der Waals surface area contributed by atoms with Crippen LogP contribution in [0.4, 0.5) is 10.5 Å². The molecule has 0 radical (unpaired) electrons. The van der Waals surface area contributed by atoms with E-state index in [0.29, 0.717) is 24.5 Å². The number of carboxylic acid groups (broad SMARTS) is 1. The van der Waals surface area contributed by atoms with Crippen LogP contribution >= 0.6 is 0 Å². The molecule has 0 spiro atoms. The molecule has 1 aliphatic carbocycles. The van der Waals surface area contributed by atoms with Crippen molar-refractivity contribution in [3.63, 3.8) is 0 Å². The van der Waals surface area contributed by atoms with Gasteiger partial charge in [0.15, 0.2) is 0 Å². The molecule has 0 atom stereocenters. The van der Waals surface area contributed by atoms with Gasteiger partial charge in [-0.1, -0.05) is 32.3 Å². The van der Waals surface area contributed by atoms with Gasteiger partial charge in [0.2, 0.25) is 0 Å². The van der Waals surface area contributed by atoms with E-state index >= 15 is 0 Å². The van der Waals surface area contributed by atoms with E-state index in [2.05, 4.69) is 10.6 Å². The zero-order chi connectivity index (χ0) is 18.1. The fourth-order valence-electron chi connectivity index (χ4n) is 3.01. The van der Waals surface area contributed by atoms with E-state index in [4.69, 9.17) is 9.84 Å². The summed E-state index contributed by atoms with van der Waals surface area (Å²) in [6.45, 7) is 2.58. The van der Waals surface area contributed by atoms with E-state index in [1.807, 2.05) is 13.0 Å². The second kappa shape index (κ2) is 9.91. The zero-order valence-electron chi connectivity index (χ0n) is 14.8. The Balaban J connectivity index is 2.03. The van der Waals surface area contributed by atoms with Gasteiger partial charge >= 0.3 is 12.0 Å². The van der Waals surface area contributed by atoms with Crippen molar-refractivity contribution in [2.24, 2.45) is 0 Å². The Morgan fingerprint density at radius 3 is 2.68 bits per heavy atom. The molecule has 1 aliphatic rings. The number of aryl methyl sites for hydroxylation is 1. The number of carbonyl (C=O) groups excluding carboxylic acids is 1. The highest BCUT2D eigenvalue weighted by atomic mass is 16.5. The van der Waals surface area contributed by atoms with Crippen molar-refractivity contribution >= 4 is 17.7 Å². The maximum Gasteiger partial charge on any atom is 0.319 e. The number of carboxylic acids is 1. The predicted octanol–water partition coefficient (Wildman–Crippen LogP) is 3.95. The number of amides is 2. The first kappa shape index (κ1) is 19.1. The van der Waals surface area contributed by atoms with Crippen molar-refractivity contribution in [1.29, 1.82) is 0 Å². The van der Waals surface area contributed by atoms with E-state index in [-0.39, 0.29) is 18.5 Å². The molecule has 2 amide bonds. The van der Waals surface area contributed by atoms with Crippen molar-refractivity contribution in [3.05, 3.63) is 23.8 Å². The van der Waals surface area contributed by atoms with E-state index in [1.165, 1.54) is 6.42 Å². The highest BCUT2D eigenvalue weighted by Gasteiger charge is 2.17. The average Bonchev–Trinajstić information content (AvgIpc) is 2.60. The molecule has 3 N–H and O–H groups in total. The predicted molar refractivity (Wildman–Crippen MR) is 97.2 cm³/mol. The minimum absolute atomic E-state index is 0.0584. The van der Waals surface area contributed by atoms with Crippen LogP contribution in [0.15, 0.2) is 18.2 Å². The second-order valence-electron chi connectivity index (χ2n) is 6.51.